The molecule has 136 valence electrons. The van der Waals surface area contributed by atoms with Crippen LogP contribution >= 0.6 is 12.4 Å². The molecule has 0 atom stereocenters. The van der Waals surface area contributed by atoms with E-state index in [1.54, 1.807) is 4.90 Å². The Bertz CT molecular complexity index is 632. The van der Waals surface area contributed by atoms with Gasteiger partial charge in [-0.05, 0) is 44.3 Å². The Morgan fingerprint density at radius 2 is 1.75 bits per heavy atom. The maximum Gasteiger partial charge on any atom is 0.243 e. The molecule has 24 heavy (non-hydrogen) atoms. The Kier molecular flexibility index (Phi) is 8.08. The summed E-state index contributed by atoms with van der Waals surface area (Å²) in [6, 6.07) is 4.79. The van der Waals surface area contributed by atoms with Gasteiger partial charge in [-0.1, -0.05) is 0 Å². The van der Waals surface area contributed by atoms with Gasteiger partial charge in [0.1, 0.15) is 5.82 Å². The molecule has 0 unspecified atom stereocenters. The Labute approximate surface area is 148 Å². The summed E-state index contributed by atoms with van der Waals surface area (Å²) in [4.78, 5) is 13.8. The second-order valence-electron chi connectivity index (χ2n) is 5.45. The van der Waals surface area contributed by atoms with E-state index in [-0.39, 0.29) is 36.3 Å². The first-order valence-corrected chi connectivity index (χ1v) is 9.07. The van der Waals surface area contributed by atoms with Crippen molar-refractivity contribution in [1.82, 2.24) is 14.5 Å². The second-order valence-corrected chi connectivity index (χ2v) is 7.38. The maximum absolute atomic E-state index is 12.9. The number of hydrogen-bond acceptors (Lipinski definition) is 4. The Morgan fingerprint density at radius 3 is 2.29 bits per heavy atom. The number of nitrogens with zero attached hydrogens (tertiary/aromatic N) is 2. The van der Waals surface area contributed by atoms with Crippen molar-refractivity contribution in [3.8, 4) is 0 Å². The van der Waals surface area contributed by atoms with Crippen molar-refractivity contribution >= 4 is 28.3 Å². The highest BCUT2D eigenvalue weighted by Crippen LogP contribution is 2.18. The quantitative estimate of drug-likeness (QED) is 0.751. The summed E-state index contributed by atoms with van der Waals surface area (Å²) in [6.07, 6.45) is 1.23. The summed E-state index contributed by atoms with van der Waals surface area (Å²) >= 11 is 0. The van der Waals surface area contributed by atoms with Crippen LogP contribution in [0.5, 0.6) is 0 Å². The molecule has 1 fully saturated rings. The van der Waals surface area contributed by atoms with Gasteiger partial charge in [0.15, 0.2) is 0 Å². The first-order chi connectivity index (χ1) is 10.9. The van der Waals surface area contributed by atoms with E-state index in [4.69, 9.17) is 0 Å². The number of benzene rings is 1. The van der Waals surface area contributed by atoms with Crippen LogP contribution in [0.2, 0.25) is 0 Å². The van der Waals surface area contributed by atoms with Gasteiger partial charge in [-0.25, -0.2) is 12.8 Å². The molecule has 9 heteroatoms. The number of piperazine rings is 1. The molecule has 1 aromatic rings. The first kappa shape index (κ1) is 20.8. The van der Waals surface area contributed by atoms with Crippen LogP contribution in [-0.2, 0) is 14.8 Å². The fraction of sp³-hybridized carbons (Fsp3) is 0.533. The van der Waals surface area contributed by atoms with Gasteiger partial charge in [0.05, 0.1) is 4.90 Å². The highest BCUT2D eigenvalue weighted by Gasteiger charge is 2.29. The Balaban J connectivity index is 0.00000288. The first-order valence-electron chi connectivity index (χ1n) is 7.63. The molecular weight excluding hydrogens is 357 g/mol. The van der Waals surface area contributed by atoms with Crippen LogP contribution in [0.3, 0.4) is 0 Å². The van der Waals surface area contributed by atoms with Crippen LogP contribution < -0.4 is 5.32 Å². The minimum Gasteiger partial charge on any atom is -0.340 e. The molecule has 2 rings (SSSR count). The van der Waals surface area contributed by atoms with E-state index in [0.717, 1.165) is 25.1 Å². The van der Waals surface area contributed by atoms with E-state index in [1.165, 1.54) is 16.4 Å². The van der Waals surface area contributed by atoms with E-state index >= 15 is 0 Å². The van der Waals surface area contributed by atoms with Crippen LogP contribution in [0, 0.1) is 5.82 Å². The third-order valence-corrected chi connectivity index (χ3v) is 5.77. The minimum atomic E-state index is -3.63. The molecule has 1 aliphatic heterocycles. The fourth-order valence-electron chi connectivity index (χ4n) is 2.51. The number of amides is 1. The van der Waals surface area contributed by atoms with Crippen molar-refractivity contribution in [3.63, 3.8) is 0 Å². The van der Waals surface area contributed by atoms with Crippen molar-refractivity contribution in [2.75, 3.05) is 39.8 Å². The fourth-order valence-corrected chi connectivity index (χ4v) is 3.93. The van der Waals surface area contributed by atoms with Crippen LogP contribution in [0.4, 0.5) is 4.39 Å². The number of hydrogen-bond donors (Lipinski definition) is 1. The largest absolute Gasteiger partial charge is 0.340 e. The zero-order chi connectivity index (χ0) is 16.9. The number of carbonyl (C=O) groups excluding carboxylic acids is 1. The molecule has 1 amide bonds. The van der Waals surface area contributed by atoms with Crippen molar-refractivity contribution in [1.29, 1.82) is 0 Å². The third kappa shape index (κ3) is 5.14. The van der Waals surface area contributed by atoms with Crippen LogP contribution in [0.15, 0.2) is 29.2 Å². The molecule has 1 N–H and O–H groups in total. The van der Waals surface area contributed by atoms with Gasteiger partial charge in [0.25, 0.3) is 0 Å². The summed E-state index contributed by atoms with van der Waals surface area (Å²) in [5.74, 6) is -0.417. The van der Waals surface area contributed by atoms with E-state index in [2.05, 4.69) is 5.32 Å². The minimum absolute atomic E-state index is 0. The standard InChI is InChI=1S/C15H22FN3O3S.ClH/c1-17-8-2-3-15(20)18-9-11-19(12-10-18)23(21,22)14-6-4-13(16)5-7-14;/h4-7,17H,2-3,8-12H2,1H3;1H. The van der Waals surface area contributed by atoms with Crippen LogP contribution in [-0.4, -0.2) is 63.3 Å². The lowest BCUT2D eigenvalue weighted by atomic mass is 10.2. The van der Waals surface area contributed by atoms with Gasteiger partial charge in [-0.2, -0.15) is 4.31 Å². The molecule has 0 spiro atoms. The summed E-state index contributed by atoms with van der Waals surface area (Å²) in [5, 5.41) is 2.99. The summed E-state index contributed by atoms with van der Waals surface area (Å²) in [7, 11) is -1.79. The monoisotopic (exact) mass is 379 g/mol. The van der Waals surface area contributed by atoms with Gasteiger partial charge in [0.2, 0.25) is 15.9 Å². The van der Waals surface area contributed by atoms with Crippen molar-refractivity contribution < 1.29 is 17.6 Å². The van der Waals surface area contributed by atoms with E-state index in [1.807, 2.05) is 7.05 Å². The average Bonchev–Trinajstić information content (AvgIpc) is 2.55. The molecule has 1 aliphatic rings. The van der Waals surface area contributed by atoms with Crippen molar-refractivity contribution in [3.05, 3.63) is 30.1 Å². The lowest BCUT2D eigenvalue weighted by molar-refractivity contribution is -0.132. The molecule has 0 radical (unpaired) electrons. The molecule has 0 saturated carbocycles. The molecule has 1 heterocycles. The van der Waals surface area contributed by atoms with Crippen LogP contribution in [0.1, 0.15) is 12.8 Å². The normalized spacial score (nSPS) is 15.8. The van der Waals surface area contributed by atoms with Gasteiger partial charge in [-0.15, -0.1) is 12.4 Å². The third-order valence-electron chi connectivity index (χ3n) is 3.86. The van der Waals surface area contributed by atoms with E-state index < -0.39 is 15.8 Å². The molecule has 0 aromatic heterocycles. The van der Waals surface area contributed by atoms with Gasteiger partial charge < -0.3 is 10.2 Å². The van der Waals surface area contributed by atoms with Gasteiger partial charge in [-0.3, -0.25) is 4.79 Å². The highest BCUT2D eigenvalue weighted by atomic mass is 35.5. The SMILES string of the molecule is CNCCCC(=O)N1CCN(S(=O)(=O)c2ccc(F)cc2)CC1.Cl. The summed E-state index contributed by atoms with van der Waals surface area (Å²) in [5.41, 5.74) is 0. The maximum atomic E-state index is 12.9. The number of rotatable bonds is 6. The smallest absolute Gasteiger partial charge is 0.243 e. The van der Waals surface area contributed by atoms with E-state index in [9.17, 15) is 17.6 Å². The number of sulfonamides is 1. The molecule has 1 saturated heterocycles. The Hall–Kier alpha value is -1.22. The van der Waals surface area contributed by atoms with Gasteiger partial charge >= 0.3 is 0 Å². The average molecular weight is 380 g/mol. The molecule has 1 aromatic carbocycles. The Morgan fingerprint density at radius 1 is 1.17 bits per heavy atom. The van der Waals surface area contributed by atoms with Crippen molar-refractivity contribution in [2.24, 2.45) is 0 Å². The lowest BCUT2D eigenvalue weighted by Gasteiger charge is -2.34. The van der Waals surface area contributed by atoms with Crippen molar-refractivity contribution in [2.45, 2.75) is 17.7 Å². The molecule has 0 aliphatic carbocycles. The van der Waals surface area contributed by atoms with E-state index in [0.29, 0.717) is 19.5 Å². The topological polar surface area (TPSA) is 69.7 Å². The number of halogens is 2. The zero-order valence-electron chi connectivity index (χ0n) is 13.6. The predicted octanol–water partition coefficient (Wildman–Crippen LogP) is 1.08. The zero-order valence-corrected chi connectivity index (χ0v) is 15.2. The van der Waals surface area contributed by atoms with Gasteiger partial charge in [0, 0.05) is 32.6 Å². The summed E-state index contributed by atoms with van der Waals surface area (Å²) in [6.45, 7) is 2.08. The molecule has 0 bridgehead atoms. The predicted molar refractivity (Wildman–Crippen MR) is 92.1 cm³/mol. The number of carbonyl (C=O) groups is 1. The lowest BCUT2D eigenvalue weighted by Crippen LogP contribution is -2.50. The summed E-state index contributed by atoms with van der Waals surface area (Å²) < 4.78 is 39.2. The highest BCUT2D eigenvalue weighted by molar-refractivity contribution is 7.89. The number of nitrogens with one attached hydrogen (secondary N) is 1. The molecule has 6 nitrogen and oxygen atoms in total. The molecular formula is C15H23ClFN3O3S. The van der Waals surface area contributed by atoms with Crippen LogP contribution in [0.25, 0.3) is 0 Å². The second kappa shape index (κ2) is 9.31.